The van der Waals surface area contributed by atoms with Gasteiger partial charge >= 0.3 is 0 Å². The van der Waals surface area contributed by atoms with Gasteiger partial charge in [0.15, 0.2) is 5.95 Å². The number of anilines is 1. The number of rotatable bonds is 22. The van der Waals surface area contributed by atoms with E-state index in [2.05, 4.69) is 42.0 Å². The Hall–Kier alpha value is -1.51. The van der Waals surface area contributed by atoms with E-state index in [1.165, 1.54) is 134 Å². The highest BCUT2D eigenvalue weighted by atomic mass is 15.0. The molecule has 0 fully saturated rings. The number of unbranched alkanes of at least 4 members (excludes halogenated alkanes) is 16. The molecule has 1 aromatic heterocycles. The first-order valence-corrected chi connectivity index (χ1v) is 15.0. The summed E-state index contributed by atoms with van der Waals surface area (Å²) in [6, 6.07) is 6.49. The van der Waals surface area contributed by atoms with E-state index in [1.807, 2.05) is 0 Å². The number of nitrogens with one attached hydrogen (secondary N) is 1. The van der Waals surface area contributed by atoms with Crippen LogP contribution in [-0.4, -0.2) is 9.97 Å². The highest BCUT2D eigenvalue weighted by Crippen LogP contribution is 2.27. The molecule has 34 heavy (non-hydrogen) atoms. The molecule has 1 unspecified atom stereocenters. The molecule has 0 spiro atoms. The molecule has 3 N–H and O–H groups in total. The summed E-state index contributed by atoms with van der Waals surface area (Å²) in [5.41, 5.74) is 9.52. The number of nitrogens with two attached hydrogens (primary N) is 1. The first-order chi connectivity index (χ1) is 16.7. The number of hydrogen-bond donors (Lipinski definition) is 2. The molecule has 194 valence electrons. The monoisotopic (exact) mass is 469 g/mol. The van der Waals surface area contributed by atoms with E-state index in [4.69, 9.17) is 5.73 Å². The molecular formula is C31H55N3. The molecule has 3 heteroatoms. The van der Waals surface area contributed by atoms with Crippen LogP contribution in [0.25, 0.3) is 11.0 Å². The Morgan fingerprint density at radius 3 is 1.65 bits per heavy atom. The van der Waals surface area contributed by atoms with Crippen LogP contribution in [0.15, 0.2) is 18.2 Å². The van der Waals surface area contributed by atoms with Gasteiger partial charge in [0, 0.05) is 0 Å². The maximum absolute atomic E-state index is 5.95. The van der Waals surface area contributed by atoms with Crippen molar-refractivity contribution in [3.63, 3.8) is 0 Å². The molecule has 0 aliphatic carbocycles. The van der Waals surface area contributed by atoms with Crippen LogP contribution in [0.5, 0.6) is 0 Å². The number of nitrogen functional groups attached to an aromatic ring is 1. The van der Waals surface area contributed by atoms with Gasteiger partial charge in [-0.05, 0) is 24.0 Å². The zero-order chi connectivity index (χ0) is 24.3. The van der Waals surface area contributed by atoms with E-state index in [0.717, 1.165) is 23.4 Å². The second-order valence-corrected chi connectivity index (χ2v) is 10.7. The normalized spacial score (nSPS) is 12.5. The Kier molecular flexibility index (Phi) is 15.9. The van der Waals surface area contributed by atoms with E-state index < -0.39 is 0 Å². The summed E-state index contributed by atoms with van der Waals surface area (Å²) in [4.78, 5) is 7.76. The van der Waals surface area contributed by atoms with Crippen LogP contribution in [0, 0.1) is 5.92 Å². The molecule has 1 aromatic carbocycles. The third-order valence-corrected chi connectivity index (χ3v) is 7.56. The third kappa shape index (κ3) is 12.3. The summed E-state index contributed by atoms with van der Waals surface area (Å²) in [5, 5.41) is 0. The van der Waals surface area contributed by atoms with Gasteiger partial charge < -0.3 is 10.7 Å². The summed E-state index contributed by atoms with van der Waals surface area (Å²) >= 11 is 0. The zero-order valence-corrected chi connectivity index (χ0v) is 22.7. The van der Waals surface area contributed by atoms with Crippen molar-refractivity contribution in [3.8, 4) is 0 Å². The number of aromatic nitrogens is 2. The van der Waals surface area contributed by atoms with Crippen molar-refractivity contribution < 1.29 is 0 Å². The average molecular weight is 470 g/mol. The van der Waals surface area contributed by atoms with Crippen LogP contribution in [0.3, 0.4) is 0 Å². The Balaban J connectivity index is 1.72. The lowest BCUT2D eigenvalue weighted by Gasteiger charge is -2.18. The van der Waals surface area contributed by atoms with Gasteiger partial charge in [-0.3, -0.25) is 0 Å². The third-order valence-electron chi connectivity index (χ3n) is 7.56. The largest absolute Gasteiger partial charge is 0.369 e. The Labute approximate surface area is 211 Å². The highest BCUT2D eigenvalue weighted by Gasteiger charge is 2.13. The standard InChI is InChI=1S/C31H55N3/c1-3-5-7-9-11-13-14-16-18-20-23-27(22-19-17-15-12-10-8-6-4-2)26-28-24-21-25-29-30(28)34-31(32)33-29/h21,24-25,27H,3-20,22-23,26H2,1-2H3,(H3,32,33,34). The quantitative estimate of drug-likeness (QED) is 0.168. The fourth-order valence-corrected chi connectivity index (χ4v) is 5.43. The number of imidazole rings is 1. The summed E-state index contributed by atoms with van der Waals surface area (Å²) in [7, 11) is 0. The zero-order valence-electron chi connectivity index (χ0n) is 22.7. The Bertz CT molecular complexity index is 735. The average Bonchev–Trinajstić information content (AvgIpc) is 3.23. The molecule has 0 saturated carbocycles. The predicted molar refractivity (Wildman–Crippen MR) is 151 cm³/mol. The van der Waals surface area contributed by atoms with Crippen molar-refractivity contribution in [2.24, 2.45) is 5.92 Å². The summed E-state index contributed by atoms with van der Waals surface area (Å²) in [6.45, 7) is 4.60. The Morgan fingerprint density at radius 2 is 1.15 bits per heavy atom. The van der Waals surface area contributed by atoms with E-state index in [1.54, 1.807) is 0 Å². The minimum atomic E-state index is 0.539. The van der Waals surface area contributed by atoms with Gasteiger partial charge in [-0.1, -0.05) is 154 Å². The number of benzene rings is 1. The molecule has 0 amide bonds. The SMILES string of the molecule is CCCCCCCCCCCCC(CCCCCCCCCC)Cc1cccc2nc(N)[nH]c12. The lowest BCUT2D eigenvalue weighted by Crippen LogP contribution is -2.06. The van der Waals surface area contributed by atoms with Gasteiger partial charge in [-0.25, -0.2) is 4.98 Å². The van der Waals surface area contributed by atoms with Crippen molar-refractivity contribution in [1.29, 1.82) is 0 Å². The van der Waals surface area contributed by atoms with E-state index in [-0.39, 0.29) is 0 Å². The van der Waals surface area contributed by atoms with E-state index in [9.17, 15) is 0 Å². The van der Waals surface area contributed by atoms with Crippen molar-refractivity contribution >= 4 is 17.0 Å². The number of hydrogen-bond acceptors (Lipinski definition) is 2. The van der Waals surface area contributed by atoms with Crippen LogP contribution in [0.4, 0.5) is 5.95 Å². The van der Waals surface area contributed by atoms with Crippen LogP contribution in [-0.2, 0) is 6.42 Å². The van der Waals surface area contributed by atoms with Gasteiger partial charge in [-0.2, -0.15) is 0 Å². The molecule has 2 rings (SSSR count). The topological polar surface area (TPSA) is 54.7 Å². The molecular weight excluding hydrogens is 414 g/mol. The first-order valence-electron chi connectivity index (χ1n) is 15.0. The Morgan fingerprint density at radius 1 is 0.676 bits per heavy atom. The maximum Gasteiger partial charge on any atom is 0.198 e. The molecule has 0 radical (unpaired) electrons. The van der Waals surface area contributed by atoms with E-state index >= 15 is 0 Å². The highest BCUT2D eigenvalue weighted by molar-refractivity contribution is 5.80. The summed E-state index contributed by atoms with van der Waals surface area (Å²) < 4.78 is 0. The minimum Gasteiger partial charge on any atom is -0.369 e. The lowest BCUT2D eigenvalue weighted by atomic mass is 9.88. The molecule has 0 aliphatic rings. The number of fused-ring (bicyclic) bond motifs is 1. The summed E-state index contributed by atoms with van der Waals surface area (Å²) in [6.07, 6.45) is 29.3. The number of para-hydroxylation sites is 1. The van der Waals surface area contributed by atoms with Gasteiger partial charge in [0.1, 0.15) is 0 Å². The molecule has 0 bridgehead atoms. The number of aromatic amines is 1. The van der Waals surface area contributed by atoms with Crippen LogP contribution in [0.2, 0.25) is 0 Å². The predicted octanol–water partition coefficient (Wildman–Crippen LogP) is 10.1. The molecule has 0 aliphatic heterocycles. The molecule has 1 heterocycles. The minimum absolute atomic E-state index is 0.539. The number of nitrogens with zero attached hydrogens (tertiary/aromatic N) is 1. The van der Waals surface area contributed by atoms with Crippen LogP contribution in [0.1, 0.15) is 148 Å². The van der Waals surface area contributed by atoms with Gasteiger partial charge in [-0.15, -0.1) is 0 Å². The van der Waals surface area contributed by atoms with Crippen LogP contribution < -0.4 is 5.73 Å². The van der Waals surface area contributed by atoms with E-state index in [0.29, 0.717) is 5.95 Å². The molecule has 3 nitrogen and oxygen atoms in total. The van der Waals surface area contributed by atoms with Gasteiger partial charge in [0.05, 0.1) is 11.0 Å². The van der Waals surface area contributed by atoms with Crippen molar-refractivity contribution in [3.05, 3.63) is 23.8 Å². The second-order valence-electron chi connectivity index (χ2n) is 10.7. The van der Waals surface area contributed by atoms with Gasteiger partial charge in [0.25, 0.3) is 0 Å². The fourth-order valence-electron chi connectivity index (χ4n) is 5.43. The molecule has 1 atom stereocenters. The number of H-pyrrole nitrogens is 1. The molecule has 2 aromatic rings. The van der Waals surface area contributed by atoms with Gasteiger partial charge in [0.2, 0.25) is 0 Å². The second kappa shape index (κ2) is 18.8. The smallest absolute Gasteiger partial charge is 0.198 e. The maximum atomic E-state index is 5.95. The lowest BCUT2D eigenvalue weighted by molar-refractivity contribution is 0.400. The molecule has 0 saturated heterocycles. The van der Waals surface area contributed by atoms with Crippen LogP contribution >= 0.6 is 0 Å². The first kappa shape index (κ1) is 28.7. The van der Waals surface area contributed by atoms with Crippen molar-refractivity contribution in [1.82, 2.24) is 9.97 Å². The van der Waals surface area contributed by atoms with Crippen molar-refractivity contribution in [2.75, 3.05) is 5.73 Å². The van der Waals surface area contributed by atoms with Crippen molar-refractivity contribution in [2.45, 2.75) is 149 Å². The fraction of sp³-hybridized carbons (Fsp3) is 0.774. The summed E-state index contributed by atoms with van der Waals surface area (Å²) in [5.74, 6) is 1.32.